The lowest BCUT2D eigenvalue weighted by Crippen LogP contribution is -2.32. The first-order chi connectivity index (χ1) is 11.2. The fraction of sp³-hybridized carbons (Fsp3) is 0.316. The fourth-order valence-corrected chi connectivity index (χ4v) is 2.78. The van der Waals surface area contributed by atoms with Gasteiger partial charge in [0, 0.05) is 5.69 Å². The van der Waals surface area contributed by atoms with Crippen molar-refractivity contribution in [1.29, 1.82) is 0 Å². The van der Waals surface area contributed by atoms with Crippen molar-refractivity contribution in [2.75, 3.05) is 18.5 Å². The summed E-state index contributed by atoms with van der Waals surface area (Å²) in [5.74, 6) is 0.881. The zero-order valence-electron chi connectivity index (χ0n) is 13.4. The number of anilines is 1. The van der Waals surface area contributed by atoms with Gasteiger partial charge in [0.2, 0.25) is 0 Å². The van der Waals surface area contributed by atoms with Crippen LogP contribution in [0.3, 0.4) is 0 Å². The van der Waals surface area contributed by atoms with Crippen molar-refractivity contribution in [2.45, 2.75) is 26.2 Å². The van der Waals surface area contributed by atoms with Crippen LogP contribution in [0, 0.1) is 6.92 Å². The molecule has 0 atom stereocenters. The molecule has 2 N–H and O–H groups in total. The number of urea groups is 1. The number of fused-ring (bicyclic) bond motifs is 1. The molecule has 3 rings (SSSR count). The van der Waals surface area contributed by atoms with Gasteiger partial charge in [-0.2, -0.15) is 0 Å². The Morgan fingerprint density at radius 3 is 2.70 bits per heavy atom. The summed E-state index contributed by atoms with van der Waals surface area (Å²) < 4.78 is 5.71. The number of ether oxygens (including phenoxy) is 1. The Balaban J connectivity index is 1.39. The van der Waals surface area contributed by atoms with E-state index in [-0.39, 0.29) is 6.03 Å². The highest BCUT2D eigenvalue weighted by atomic mass is 16.5. The van der Waals surface area contributed by atoms with Gasteiger partial charge in [-0.1, -0.05) is 23.8 Å². The van der Waals surface area contributed by atoms with Crippen molar-refractivity contribution in [3.8, 4) is 5.75 Å². The van der Waals surface area contributed by atoms with E-state index >= 15 is 0 Å². The van der Waals surface area contributed by atoms with E-state index in [1.54, 1.807) is 0 Å². The topological polar surface area (TPSA) is 50.4 Å². The zero-order valence-corrected chi connectivity index (χ0v) is 13.4. The first-order valence-corrected chi connectivity index (χ1v) is 8.07. The van der Waals surface area contributed by atoms with Gasteiger partial charge >= 0.3 is 6.03 Å². The first kappa shape index (κ1) is 15.4. The Morgan fingerprint density at radius 1 is 1.09 bits per heavy atom. The van der Waals surface area contributed by atoms with Crippen LogP contribution in [-0.2, 0) is 12.8 Å². The Labute approximate surface area is 136 Å². The number of hydrogen-bond donors (Lipinski definition) is 2. The lowest BCUT2D eigenvalue weighted by Gasteiger charge is -2.10. The fourth-order valence-electron chi connectivity index (χ4n) is 2.78. The molecule has 0 saturated carbocycles. The number of rotatable bonds is 5. The molecule has 0 bridgehead atoms. The highest BCUT2D eigenvalue weighted by molar-refractivity contribution is 5.89. The molecular formula is C19H22N2O2. The van der Waals surface area contributed by atoms with Crippen LogP contribution in [0.5, 0.6) is 5.75 Å². The molecule has 120 valence electrons. The summed E-state index contributed by atoms with van der Waals surface area (Å²) in [4.78, 5) is 11.8. The number of amides is 2. The second-order valence-electron chi connectivity index (χ2n) is 5.88. The van der Waals surface area contributed by atoms with Crippen LogP contribution in [0.15, 0.2) is 42.5 Å². The zero-order chi connectivity index (χ0) is 16.1. The maximum atomic E-state index is 11.8. The lowest BCUT2D eigenvalue weighted by molar-refractivity contribution is 0.247. The van der Waals surface area contributed by atoms with Gasteiger partial charge in [0.25, 0.3) is 0 Å². The summed E-state index contributed by atoms with van der Waals surface area (Å²) in [6.45, 7) is 2.94. The van der Waals surface area contributed by atoms with Gasteiger partial charge in [-0.05, 0) is 61.6 Å². The summed E-state index contributed by atoms with van der Waals surface area (Å²) in [5.41, 5.74) is 4.78. The number of aryl methyl sites for hydroxylation is 3. The van der Waals surface area contributed by atoms with Gasteiger partial charge in [0.1, 0.15) is 12.4 Å². The molecule has 23 heavy (non-hydrogen) atoms. The van der Waals surface area contributed by atoms with E-state index in [1.165, 1.54) is 29.5 Å². The Bertz CT molecular complexity index is 680. The van der Waals surface area contributed by atoms with Gasteiger partial charge in [0.05, 0.1) is 6.54 Å². The Morgan fingerprint density at radius 2 is 1.87 bits per heavy atom. The van der Waals surface area contributed by atoms with E-state index in [9.17, 15) is 4.79 Å². The smallest absolute Gasteiger partial charge is 0.319 e. The quantitative estimate of drug-likeness (QED) is 0.828. The van der Waals surface area contributed by atoms with E-state index < -0.39 is 0 Å². The average Bonchev–Trinajstić information content (AvgIpc) is 3.01. The number of hydrogen-bond acceptors (Lipinski definition) is 2. The minimum Gasteiger partial charge on any atom is -0.492 e. The van der Waals surface area contributed by atoms with Crippen LogP contribution in [0.2, 0.25) is 0 Å². The molecule has 1 aliphatic carbocycles. The standard InChI is InChI=1S/C19H22N2O2/c1-14-5-8-17(9-6-14)21-19(22)20-11-12-23-18-10-7-15-3-2-4-16(15)13-18/h5-10,13H,2-4,11-12H2,1H3,(H2,20,21,22). The molecule has 0 fully saturated rings. The van der Waals surface area contributed by atoms with Gasteiger partial charge in [0.15, 0.2) is 0 Å². The first-order valence-electron chi connectivity index (χ1n) is 8.07. The van der Waals surface area contributed by atoms with Gasteiger partial charge in [-0.3, -0.25) is 0 Å². The second kappa shape index (κ2) is 7.18. The van der Waals surface area contributed by atoms with E-state index in [0.29, 0.717) is 13.2 Å². The Hall–Kier alpha value is -2.49. The lowest BCUT2D eigenvalue weighted by atomic mass is 10.1. The average molecular weight is 310 g/mol. The van der Waals surface area contributed by atoms with Crippen molar-refractivity contribution >= 4 is 11.7 Å². The molecule has 2 aromatic rings. The number of nitrogens with one attached hydrogen (secondary N) is 2. The normalized spacial score (nSPS) is 12.6. The van der Waals surface area contributed by atoms with Gasteiger partial charge < -0.3 is 15.4 Å². The molecule has 1 aliphatic rings. The van der Waals surface area contributed by atoms with E-state index in [1.807, 2.05) is 37.3 Å². The molecule has 2 amide bonds. The molecule has 0 radical (unpaired) electrons. The van der Waals surface area contributed by atoms with Crippen LogP contribution < -0.4 is 15.4 Å². The van der Waals surface area contributed by atoms with Crippen molar-refractivity contribution < 1.29 is 9.53 Å². The monoisotopic (exact) mass is 310 g/mol. The summed E-state index contributed by atoms with van der Waals surface area (Å²) in [6.07, 6.45) is 3.56. The highest BCUT2D eigenvalue weighted by Crippen LogP contribution is 2.25. The van der Waals surface area contributed by atoms with Crippen LogP contribution in [0.25, 0.3) is 0 Å². The molecule has 4 nitrogen and oxygen atoms in total. The minimum atomic E-state index is -0.216. The highest BCUT2D eigenvalue weighted by Gasteiger charge is 2.11. The molecule has 2 aromatic carbocycles. The van der Waals surface area contributed by atoms with Crippen molar-refractivity contribution in [1.82, 2.24) is 5.32 Å². The molecule has 0 saturated heterocycles. The van der Waals surface area contributed by atoms with E-state index in [2.05, 4.69) is 22.8 Å². The van der Waals surface area contributed by atoms with Crippen molar-refractivity contribution in [3.05, 3.63) is 59.2 Å². The number of carbonyl (C=O) groups excluding carboxylic acids is 1. The molecule has 0 heterocycles. The van der Waals surface area contributed by atoms with Crippen LogP contribution >= 0.6 is 0 Å². The predicted octanol–water partition coefficient (Wildman–Crippen LogP) is 3.68. The third kappa shape index (κ3) is 4.25. The largest absolute Gasteiger partial charge is 0.492 e. The van der Waals surface area contributed by atoms with E-state index in [4.69, 9.17) is 4.74 Å². The molecular weight excluding hydrogens is 288 g/mol. The summed E-state index contributed by atoms with van der Waals surface area (Å²) in [5, 5.41) is 5.59. The summed E-state index contributed by atoms with van der Waals surface area (Å²) in [7, 11) is 0. The van der Waals surface area contributed by atoms with Crippen LogP contribution in [0.1, 0.15) is 23.1 Å². The molecule has 0 spiro atoms. The SMILES string of the molecule is Cc1ccc(NC(=O)NCCOc2ccc3c(c2)CCC3)cc1. The maximum absolute atomic E-state index is 11.8. The Kier molecular flexibility index (Phi) is 4.81. The summed E-state index contributed by atoms with van der Waals surface area (Å²) in [6, 6.07) is 13.8. The predicted molar refractivity (Wildman–Crippen MR) is 92.2 cm³/mol. The molecule has 0 aliphatic heterocycles. The van der Waals surface area contributed by atoms with Crippen LogP contribution in [0.4, 0.5) is 10.5 Å². The number of carbonyl (C=O) groups is 1. The second-order valence-corrected chi connectivity index (χ2v) is 5.88. The molecule has 4 heteroatoms. The third-order valence-corrected chi connectivity index (χ3v) is 4.04. The maximum Gasteiger partial charge on any atom is 0.319 e. The van der Waals surface area contributed by atoms with Gasteiger partial charge in [-0.15, -0.1) is 0 Å². The van der Waals surface area contributed by atoms with Crippen molar-refractivity contribution in [3.63, 3.8) is 0 Å². The van der Waals surface area contributed by atoms with Crippen LogP contribution in [-0.4, -0.2) is 19.2 Å². The minimum absolute atomic E-state index is 0.216. The van der Waals surface area contributed by atoms with E-state index in [0.717, 1.165) is 17.9 Å². The number of benzene rings is 2. The van der Waals surface area contributed by atoms with Crippen molar-refractivity contribution in [2.24, 2.45) is 0 Å². The molecule has 0 aromatic heterocycles. The summed E-state index contributed by atoms with van der Waals surface area (Å²) >= 11 is 0. The van der Waals surface area contributed by atoms with Gasteiger partial charge in [-0.25, -0.2) is 4.79 Å². The third-order valence-electron chi connectivity index (χ3n) is 4.04. The molecule has 0 unspecified atom stereocenters.